The first-order chi connectivity index (χ1) is 15.8. The summed E-state index contributed by atoms with van der Waals surface area (Å²) in [4.78, 5) is 27.0. The maximum atomic E-state index is 12.9. The number of benzene rings is 3. The zero-order valence-corrected chi connectivity index (χ0v) is 23.4. The van der Waals surface area contributed by atoms with Crippen LogP contribution in [0.3, 0.4) is 0 Å². The molecular formula is C25H18ClI2NO3S. The third-order valence-electron chi connectivity index (χ3n) is 4.93. The average Bonchev–Trinajstić information content (AvgIpc) is 3.02. The highest BCUT2D eigenvalue weighted by Gasteiger charge is 2.35. The van der Waals surface area contributed by atoms with Gasteiger partial charge >= 0.3 is 0 Å². The van der Waals surface area contributed by atoms with Gasteiger partial charge in [-0.25, -0.2) is 0 Å². The molecule has 2 amide bonds. The van der Waals surface area contributed by atoms with Crippen LogP contribution < -0.4 is 4.74 Å². The van der Waals surface area contributed by atoms with Crippen LogP contribution in [-0.4, -0.2) is 16.0 Å². The molecule has 1 saturated heterocycles. The quantitative estimate of drug-likeness (QED) is 0.196. The van der Waals surface area contributed by atoms with E-state index in [1.165, 1.54) is 10.5 Å². The number of imide groups is 1. The molecule has 3 aromatic carbocycles. The molecule has 3 aromatic rings. The Morgan fingerprint density at radius 3 is 2.36 bits per heavy atom. The van der Waals surface area contributed by atoms with Crippen molar-refractivity contribution in [2.75, 3.05) is 0 Å². The lowest BCUT2D eigenvalue weighted by molar-refractivity contribution is -0.123. The van der Waals surface area contributed by atoms with Gasteiger partial charge in [-0.2, -0.15) is 0 Å². The lowest BCUT2D eigenvalue weighted by atomic mass is 10.1. The molecule has 0 spiro atoms. The summed E-state index contributed by atoms with van der Waals surface area (Å²) in [5, 5.41) is 0.289. The molecule has 8 heteroatoms. The predicted molar refractivity (Wildman–Crippen MR) is 150 cm³/mol. The summed E-state index contributed by atoms with van der Waals surface area (Å²) in [6.45, 7) is 2.73. The van der Waals surface area contributed by atoms with Gasteiger partial charge in [0.25, 0.3) is 11.1 Å². The molecular weight excluding hydrogens is 684 g/mol. The summed E-state index contributed by atoms with van der Waals surface area (Å²) in [5.74, 6) is 0.512. The number of halogens is 3. The third kappa shape index (κ3) is 6.12. The molecule has 0 aromatic heterocycles. The van der Waals surface area contributed by atoms with E-state index < -0.39 is 0 Å². The van der Waals surface area contributed by atoms with Crippen LogP contribution in [0.15, 0.2) is 65.6 Å². The molecule has 4 nitrogen and oxygen atoms in total. The van der Waals surface area contributed by atoms with E-state index in [4.69, 9.17) is 16.3 Å². The average molecular weight is 702 g/mol. The van der Waals surface area contributed by atoms with E-state index in [1.54, 1.807) is 24.3 Å². The minimum Gasteiger partial charge on any atom is -0.487 e. The zero-order chi connectivity index (χ0) is 23.5. The molecule has 4 rings (SSSR count). The van der Waals surface area contributed by atoms with Crippen LogP contribution in [0.25, 0.3) is 6.08 Å². The second-order valence-corrected chi connectivity index (χ2v) is 11.2. The molecule has 1 aliphatic rings. The molecule has 1 heterocycles. The van der Waals surface area contributed by atoms with Gasteiger partial charge in [-0.15, -0.1) is 0 Å². The largest absolute Gasteiger partial charge is 0.487 e. The highest BCUT2D eigenvalue weighted by atomic mass is 127. The predicted octanol–water partition coefficient (Wildman–Crippen LogP) is 7.67. The molecule has 0 atom stereocenters. The van der Waals surface area contributed by atoms with Gasteiger partial charge in [-0.05, 0) is 111 Å². The Hall–Kier alpha value is -1.56. The first-order valence-corrected chi connectivity index (χ1v) is 13.3. The number of amides is 2. The number of ether oxygens (including phenoxy) is 1. The molecule has 0 N–H and O–H groups in total. The van der Waals surface area contributed by atoms with Crippen molar-refractivity contribution in [1.82, 2.24) is 4.90 Å². The number of rotatable bonds is 6. The van der Waals surface area contributed by atoms with Crippen LogP contribution in [0.2, 0.25) is 5.02 Å². The number of carbonyl (C=O) groups excluding carboxylic acids is 2. The Bertz CT molecular complexity index is 1240. The lowest BCUT2D eigenvalue weighted by Gasteiger charge is -2.13. The van der Waals surface area contributed by atoms with Crippen molar-refractivity contribution in [2.24, 2.45) is 0 Å². The van der Waals surface area contributed by atoms with Gasteiger partial charge in [0.15, 0.2) is 0 Å². The van der Waals surface area contributed by atoms with E-state index in [0.717, 1.165) is 41.3 Å². The Labute approximate surface area is 229 Å². The summed E-state index contributed by atoms with van der Waals surface area (Å²) in [6.07, 6.45) is 1.76. The minimum absolute atomic E-state index is 0.198. The normalized spacial score (nSPS) is 14.9. The summed E-state index contributed by atoms with van der Waals surface area (Å²) in [6, 6.07) is 19.3. The van der Waals surface area contributed by atoms with Crippen LogP contribution in [0.1, 0.15) is 22.3 Å². The van der Waals surface area contributed by atoms with Crippen LogP contribution in [-0.2, 0) is 17.9 Å². The van der Waals surface area contributed by atoms with E-state index in [2.05, 4.69) is 76.4 Å². The van der Waals surface area contributed by atoms with Gasteiger partial charge < -0.3 is 4.74 Å². The second kappa shape index (κ2) is 10.8. The monoisotopic (exact) mass is 701 g/mol. The number of hydrogen-bond donors (Lipinski definition) is 0. The van der Waals surface area contributed by atoms with Crippen molar-refractivity contribution in [3.63, 3.8) is 0 Å². The summed E-state index contributed by atoms with van der Waals surface area (Å²) >= 11 is 11.5. The van der Waals surface area contributed by atoms with Gasteiger partial charge in [0, 0.05) is 5.02 Å². The Morgan fingerprint density at radius 1 is 1.00 bits per heavy atom. The first-order valence-electron chi connectivity index (χ1n) is 9.97. The maximum Gasteiger partial charge on any atom is 0.293 e. The number of hydrogen-bond acceptors (Lipinski definition) is 4. The molecule has 33 heavy (non-hydrogen) atoms. The van der Waals surface area contributed by atoms with Crippen molar-refractivity contribution in [2.45, 2.75) is 20.1 Å². The fourth-order valence-corrected chi connectivity index (χ4v) is 6.42. The van der Waals surface area contributed by atoms with E-state index in [-0.39, 0.29) is 17.7 Å². The Balaban J connectivity index is 1.49. The van der Waals surface area contributed by atoms with E-state index >= 15 is 0 Å². The fourth-order valence-electron chi connectivity index (χ4n) is 3.25. The molecule has 0 aliphatic carbocycles. The topological polar surface area (TPSA) is 46.6 Å². The van der Waals surface area contributed by atoms with Crippen LogP contribution >= 0.6 is 68.5 Å². The smallest absolute Gasteiger partial charge is 0.293 e. The van der Waals surface area contributed by atoms with Gasteiger partial charge in [-0.1, -0.05) is 53.6 Å². The van der Waals surface area contributed by atoms with Gasteiger partial charge in [0.1, 0.15) is 12.4 Å². The molecule has 168 valence electrons. The molecule has 1 aliphatic heterocycles. The number of thioether (sulfide) groups is 1. The fraction of sp³-hybridized carbons (Fsp3) is 0.120. The third-order valence-corrected chi connectivity index (χ3v) is 7.67. The van der Waals surface area contributed by atoms with Crippen molar-refractivity contribution in [3.05, 3.63) is 100.0 Å². The number of aryl methyl sites for hydroxylation is 1. The van der Waals surface area contributed by atoms with Crippen LogP contribution in [0, 0.1) is 14.1 Å². The molecule has 0 radical (unpaired) electrons. The SMILES string of the molecule is Cc1ccc(COc2c(I)cc(/C=C3\SC(=O)N(Cc4cccc(Cl)c4)C3=O)cc2I)cc1. The van der Waals surface area contributed by atoms with Crippen LogP contribution in [0.4, 0.5) is 4.79 Å². The molecule has 0 bridgehead atoms. The maximum absolute atomic E-state index is 12.9. The van der Waals surface area contributed by atoms with E-state index in [0.29, 0.717) is 16.5 Å². The van der Waals surface area contributed by atoms with Gasteiger partial charge in [0.2, 0.25) is 0 Å². The summed E-state index contributed by atoms with van der Waals surface area (Å²) < 4.78 is 7.95. The van der Waals surface area contributed by atoms with Gasteiger partial charge in [0.05, 0.1) is 18.6 Å². The van der Waals surface area contributed by atoms with Crippen molar-refractivity contribution in [3.8, 4) is 5.75 Å². The molecule has 0 unspecified atom stereocenters. The van der Waals surface area contributed by atoms with Crippen molar-refractivity contribution in [1.29, 1.82) is 0 Å². The van der Waals surface area contributed by atoms with Gasteiger partial charge in [-0.3, -0.25) is 14.5 Å². The Morgan fingerprint density at radius 2 is 1.70 bits per heavy atom. The van der Waals surface area contributed by atoms with Crippen LogP contribution in [0.5, 0.6) is 5.75 Å². The lowest BCUT2D eigenvalue weighted by Crippen LogP contribution is -2.27. The highest BCUT2D eigenvalue weighted by molar-refractivity contribution is 14.1. The number of carbonyl (C=O) groups is 2. The second-order valence-electron chi connectivity index (χ2n) is 7.49. The first kappa shape index (κ1) is 24.6. The summed E-state index contributed by atoms with van der Waals surface area (Å²) in [7, 11) is 0. The Kier molecular flexibility index (Phi) is 8.03. The highest BCUT2D eigenvalue weighted by Crippen LogP contribution is 2.36. The minimum atomic E-state index is -0.297. The van der Waals surface area contributed by atoms with Crippen molar-refractivity contribution >= 4 is 85.8 Å². The van der Waals surface area contributed by atoms with E-state index in [1.807, 2.05) is 18.2 Å². The molecule has 0 saturated carbocycles. The van der Waals surface area contributed by atoms with E-state index in [9.17, 15) is 9.59 Å². The van der Waals surface area contributed by atoms with Crippen molar-refractivity contribution < 1.29 is 14.3 Å². The molecule has 1 fully saturated rings. The zero-order valence-electron chi connectivity index (χ0n) is 17.5. The summed E-state index contributed by atoms with van der Waals surface area (Å²) in [5.41, 5.74) is 3.97. The standard InChI is InChI=1S/C25H18ClI2NO3S/c1-15-5-7-16(8-6-15)14-32-23-20(27)10-18(11-21(23)28)12-22-24(30)29(25(31)33-22)13-17-3-2-4-19(26)9-17/h2-12H,13-14H2,1H3/b22-12-. The number of nitrogens with zero attached hydrogens (tertiary/aromatic N) is 1.